The summed E-state index contributed by atoms with van der Waals surface area (Å²) in [6.07, 6.45) is 2.03. The average molecular weight is 433 g/mol. The highest BCUT2D eigenvalue weighted by atomic mass is 31.2. The summed E-state index contributed by atoms with van der Waals surface area (Å²) in [5.74, 6) is 0. The van der Waals surface area contributed by atoms with E-state index in [2.05, 4.69) is 50.2 Å². The lowest BCUT2D eigenvalue weighted by atomic mass is 9.94. The van der Waals surface area contributed by atoms with Crippen molar-refractivity contribution >= 4 is 23.6 Å². The van der Waals surface area contributed by atoms with E-state index < -0.39 is 7.29 Å². The van der Waals surface area contributed by atoms with Gasteiger partial charge in [0.2, 0.25) is 7.29 Å². The molecule has 5 rings (SSSR count). The van der Waals surface area contributed by atoms with Crippen LogP contribution in [0.3, 0.4) is 0 Å². The van der Waals surface area contributed by atoms with Gasteiger partial charge in [-0.3, -0.25) is 4.57 Å². The second-order valence-corrected chi connectivity index (χ2v) is 10.5. The van der Waals surface area contributed by atoms with Crippen LogP contribution >= 0.6 is 7.29 Å². The Labute approximate surface area is 189 Å². The van der Waals surface area contributed by atoms with Gasteiger partial charge < -0.3 is 0 Å². The zero-order valence-corrected chi connectivity index (χ0v) is 19.1. The van der Waals surface area contributed by atoms with Crippen LogP contribution in [-0.4, -0.2) is 5.71 Å². The van der Waals surface area contributed by atoms with Crippen molar-refractivity contribution in [2.75, 3.05) is 0 Å². The maximum atomic E-state index is 14.5. The summed E-state index contributed by atoms with van der Waals surface area (Å²) >= 11 is 0. The molecule has 4 aromatic rings. The Hall–Kier alpha value is -3.48. The molecule has 0 aliphatic carbocycles. The number of aryl methyl sites for hydroxylation is 2. The van der Waals surface area contributed by atoms with E-state index in [0.29, 0.717) is 0 Å². The van der Waals surface area contributed by atoms with E-state index in [9.17, 15) is 4.57 Å². The molecule has 3 heteroatoms. The average Bonchev–Trinajstić information content (AvgIpc) is 3.18. The molecule has 0 N–H and O–H groups in total. The first-order valence-corrected chi connectivity index (χ1v) is 12.4. The van der Waals surface area contributed by atoms with Crippen LogP contribution in [0.5, 0.6) is 0 Å². The van der Waals surface area contributed by atoms with E-state index in [0.717, 1.165) is 38.6 Å². The monoisotopic (exact) mass is 433 g/mol. The number of hydrogen-bond donors (Lipinski definition) is 0. The fourth-order valence-corrected chi connectivity index (χ4v) is 6.92. The number of nitrogens with zero attached hydrogens (tertiary/aromatic N) is 1. The van der Waals surface area contributed by atoms with Crippen molar-refractivity contribution in [3.63, 3.8) is 0 Å². The van der Waals surface area contributed by atoms with E-state index >= 15 is 0 Å². The fourth-order valence-electron chi connectivity index (χ4n) is 4.42. The van der Waals surface area contributed by atoms with Gasteiger partial charge in [0.1, 0.15) is 0 Å². The summed E-state index contributed by atoms with van der Waals surface area (Å²) in [5, 5.41) is 1.58. The molecule has 1 heterocycles. The van der Waals surface area contributed by atoms with E-state index in [1.807, 2.05) is 72.8 Å². The molecule has 0 saturated carbocycles. The highest BCUT2D eigenvalue weighted by Gasteiger charge is 2.37. The van der Waals surface area contributed by atoms with E-state index in [-0.39, 0.29) is 0 Å². The Morgan fingerprint density at radius 3 is 1.69 bits per heavy atom. The quantitative estimate of drug-likeness (QED) is 0.308. The molecule has 32 heavy (non-hydrogen) atoms. The number of rotatable bonds is 4. The predicted octanol–water partition coefficient (Wildman–Crippen LogP) is 7.42. The highest BCUT2D eigenvalue weighted by molar-refractivity contribution is 7.80. The third kappa shape index (κ3) is 3.57. The lowest BCUT2D eigenvalue weighted by molar-refractivity contribution is 0.589. The molecule has 1 unspecified atom stereocenters. The number of allylic oxidation sites excluding steroid dienone is 1. The van der Waals surface area contributed by atoms with Crippen LogP contribution in [0.2, 0.25) is 0 Å². The van der Waals surface area contributed by atoms with Gasteiger partial charge in [-0.25, -0.2) is 4.76 Å². The van der Waals surface area contributed by atoms with Gasteiger partial charge in [-0.2, -0.15) is 0 Å². The molecule has 0 fully saturated rings. The van der Waals surface area contributed by atoms with Gasteiger partial charge in [0, 0.05) is 16.2 Å². The zero-order valence-electron chi connectivity index (χ0n) is 18.2. The van der Waals surface area contributed by atoms with Crippen LogP contribution in [0, 0.1) is 13.8 Å². The molecule has 0 radical (unpaired) electrons. The Balaban J connectivity index is 1.70. The van der Waals surface area contributed by atoms with Crippen molar-refractivity contribution < 1.29 is 4.57 Å². The molecule has 0 bridgehead atoms. The molecule has 156 valence electrons. The minimum Gasteiger partial charge on any atom is -0.288 e. The van der Waals surface area contributed by atoms with Gasteiger partial charge >= 0.3 is 0 Å². The first-order chi connectivity index (χ1) is 15.6. The van der Waals surface area contributed by atoms with Crippen LogP contribution in [-0.2, 0) is 4.57 Å². The summed E-state index contributed by atoms with van der Waals surface area (Å²) in [6, 6.07) is 34.4. The summed E-state index contributed by atoms with van der Waals surface area (Å²) < 4.78 is 19.4. The Bertz CT molecular complexity index is 1360. The molecule has 1 aliphatic rings. The molecule has 4 aromatic carbocycles. The zero-order chi connectivity index (χ0) is 22.1. The second kappa shape index (κ2) is 8.22. The van der Waals surface area contributed by atoms with E-state index in [1.54, 1.807) is 0 Å². The number of hydrogen-bond acceptors (Lipinski definition) is 1. The third-order valence-electron chi connectivity index (χ3n) is 5.92. The predicted molar refractivity (Wildman–Crippen MR) is 136 cm³/mol. The Morgan fingerprint density at radius 1 is 0.625 bits per heavy atom. The first kappa shape index (κ1) is 20.4. The van der Waals surface area contributed by atoms with Crippen LogP contribution < -0.4 is 5.30 Å². The van der Waals surface area contributed by atoms with E-state index in [4.69, 9.17) is 4.76 Å². The third-order valence-corrected chi connectivity index (χ3v) is 8.42. The van der Waals surface area contributed by atoms with Crippen molar-refractivity contribution in [2.45, 2.75) is 13.8 Å². The standard InChI is InChI=1S/C29H24NOP/c1-21-18-25(23-12-6-3-7-13-23)19-22(2)29(21)28-20-27(24-14-8-4-9-15-24)30-32(28,31)26-16-10-5-11-17-26/h3-20H,1-2H3. The van der Waals surface area contributed by atoms with Gasteiger partial charge in [-0.15, -0.1) is 0 Å². The largest absolute Gasteiger partial charge is 0.288 e. The second-order valence-electron chi connectivity index (χ2n) is 8.14. The normalized spacial score (nSPS) is 17.7. The summed E-state index contributed by atoms with van der Waals surface area (Å²) in [5.41, 5.74) is 7.35. The smallest absolute Gasteiger partial charge is 0.248 e. The van der Waals surface area contributed by atoms with Gasteiger partial charge in [0.05, 0.1) is 5.71 Å². The topological polar surface area (TPSA) is 29.4 Å². The van der Waals surface area contributed by atoms with Gasteiger partial charge in [0.15, 0.2) is 0 Å². The lowest BCUT2D eigenvalue weighted by Crippen LogP contribution is -2.04. The summed E-state index contributed by atoms with van der Waals surface area (Å²) in [6.45, 7) is 4.21. The fraction of sp³-hybridized carbons (Fsp3) is 0.0690. The highest BCUT2D eigenvalue weighted by Crippen LogP contribution is 2.63. The minimum atomic E-state index is -3.17. The molecule has 1 atom stereocenters. The molecular weight excluding hydrogens is 409 g/mol. The van der Waals surface area contributed by atoms with E-state index in [1.165, 1.54) is 11.1 Å². The van der Waals surface area contributed by atoms with Crippen LogP contribution in [0.1, 0.15) is 22.3 Å². The van der Waals surface area contributed by atoms with Crippen molar-refractivity contribution in [3.8, 4) is 11.1 Å². The maximum Gasteiger partial charge on any atom is 0.248 e. The van der Waals surface area contributed by atoms with Crippen molar-refractivity contribution in [3.05, 3.63) is 131 Å². The van der Waals surface area contributed by atoms with Crippen molar-refractivity contribution in [1.29, 1.82) is 0 Å². The Morgan fingerprint density at radius 2 is 1.12 bits per heavy atom. The first-order valence-electron chi connectivity index (χ1n) is 10.8. The molecule has 0 amide bonds. The molecule has 0 aromatic heterocycles. The molecular formula is C29H24NOP. The molecule has 0 saturated heterocycles. The van der Waals surface area contributed by atoms with Gasteiger partial charge in [-0.05, 0) is 59.9 Å². The van der Waals surface area contributed by atoms with Crippen LogP contribution in [0.15, 0.2) is 114 Å². The lowest BCUT2D eigenvalue weighted by Gasteiger charge is -2.19. The maximum absolute atomic E-state index is 14.5. The van der Waals surface area contributed by atoms with Crippen LogP contribution in [0.25, 0.3) is 16.4 Å². The SMILES string of the molecule is Cc1cc(-c2ccccc2)cc(C)c1C1=CC(c2ccccc2)=NP1(=O)c1ccccc1. The van der Waals surface area contributed by atoms with Crippen molar-refractivity contribution in [2.24, 2.45) is 4.76 Å². The Kier molecular flexibility index (Phi) is 5.25. The van der Waals surface area contributed by atoms with Gasteiger partial charge in [-0.1, -0.05) is 91.0 Å². The molecule has 0 spiro atoms. The van der Waals surface area contributed by atoms with Crippen LogP contribution in [0.4, 0.5) is 0 Å². The van der Waals surface area contributed by atoms with Crippen molar-refractivity contribution in [1.82, 2.24) is 0 Å². The number of benzene rings is 4. The molecule has 2 nitrogen and oxygen atoms in total. The summed E-state index contributed by atoms with van der Waals surface area (Å²) in [7, 11) is -3.17. The minimum absolute atomic E-state index is 0.767. The molecule has 1 aliphatic heterocycles. The van der Waals surface area contributed by atoms with Gasteiger partial charge in [0.25, 0.3) is 0 Å². The summed E-state index contributed by atoms with van der Waals surface area (Å²) in [4.78, 5) is 0.